The highest BCUT2D eigenvalue weighted by Gasteiger charge is 2.18. The summed E-state index contributed by atoms with van der Waals surface area (Å²) in [4.78, 5) is 24.9. The maximum absolute atomic E-state index is 12.2. The number of nitrogens with zero attached hydrogens (tertiary/aromatic N) is 1. The zero-order valence-electron chi connectivity index (χ0n) is 12.6. The number of amides is 2. The van der Waals surface area contributed by atoms with Gasteiger partial charge in [0.1, 0.15) is 0 Å². The topological polar surface area (TPSA) is 75.4 Å². The highest BCUT2D eigenvalue weighted by Crippen LogP contribution is 2.12. The maximum Gasteiger partial charge on any atom is 0.237 e. The van der Waals surface area contributed by atoms with Gasteiger partial charge < -0.3 is 16.0 Å². The molecule has 3 N–H and O–H groups in total. The van der Waals surface area contributed by atoms with E-state index in [-0.39, 0.29) is 24.5 Å². The fourth-order valence-corrected chi connectivity index (χ4v) is 1.95. The zero-order valence-corrected chi connectivity index (χ0v) is 14.2. The maximum atomic E-state index is 12.2. The van der Waals surface area contributed by atoms with Gasteiger partial charge in [-0.3, -0.25) is 9.59 Å². The molecule has 0 unspecified atom stereocenters. The molecule has 0 bridgehead atoms. The van der Waals surface area contributed by atoms with Gasteiger partial charge in [0.2, 0.25) is 11.8 Å². The van der Waals surface area contributed by atoms with Crippen LogP contribution in [0.5, 0.6) is 0 Å². The lowest BCUT2D eigenvalue weighted by atomic mass is 10.1. The number of nitrogens with one attached hydrogen (secondary N) is 1. The first-order valence-corrected chi connectivity index (χ1v) is 7.52. The van der Waals surface area contributed by atoms with Crippen LogP contribution in [-0.4, -0.2) is 35.3 Å². The number of hydrogen-bond acceptors (Lipinski definition) is 3. The van der Waals surface area contributed by atoms with Crippen molar-refractivity contribution < 1.29 is 9.59 Å². The third-order valence-electron chi connectivity index (χ3n) is 2.76. The second kappa shape index (κ2) is 7.56. The number of carbonyl (C=O) groups excluding carboxylic acids is 2. The van der Waals surface area contributed by atoms with Crippen LogP contribution in [0.4, 0.5) is 0 Å². The van der Waals surface area contributed by atoms with E-state index in [1.165, 1.54) is 4.90 Å². The van der Waals surface area contributed by atoms with E-state index in [2.05, 4.69) is 21.2 Å². The van der Waals surface area contributed by atoms with Gasteiger partial charge in [-0.1, -0.05) is 28.1 Å². The molecule has 1 rings (SSSR count). The molecule has 2 amide bonds. The van der Waals surface area contributed by atoms with E-state index >= 15 is 0 Å². The Balaban J connectivity index is 2.72. The molecule has 0 spiro atoms. The molecule has 0 aromatic heterocycles. The molecule has 0 heterocycles. The molecule has 0 saturated carbocycles. The number of primary amides is 1. The summed E-state index contributed by atoms with van der Waals surface area (Å²) in [7, 11) is 0. The van der Waals surface area contributed by atoms with Crippen LogP contribution >= 0.6 is 15.9 Å². The van der Waals surface area contributed by atoms with Gasteiger partial charge >= 0.3 is 0 Å². The van der Waals surface area contributed by atoms with E-state index in [0.29, 0.717) is 6.54 Å². The molecule has 21 heavy (non-hydrogen) atoms. The van der Waals surface area contributed by atoms with Crippen molar-refractivity contribution in [3.8, 4) is 0 Å². The predicted octanol–water partition coefficient (Wildman–Crippen LogP) is 1.65. The lowest BCUT2D eigenvalue weighted by Crippen LogP contribution is -2.46. The normalized spacial score (nSPS) is 11.2. The first-order valence-electron chi connectivity index (χ1n) is 6.73. The number of halogens is 1. The molecule has 116 valence electrons. The average Bonchev–Trinajstić information content (AvgIpc) is 2.36. The Morgan fingerprint density at radius 2 is 1.81 bits per heavy atom. The van der Waals surface area contributed by atoms with E-state index < -0.39 is 5.91 Å². The summed E-state index contributed by atoms with van der Waals surface area (Å²) in [5, 5.41) is 3.12. The van der Waals surface area contributed by atoms with E-state index in [0.717, 1.165) is 10.0 Å². The number of nitrogens with two attached hydrogens (primary N) is 1. The van der Waals surface area contributed by atoms with E-state index in [9.17, 15) is 9.59 Å². The summed E-state index contributed by atoms with van der Waals surface area (Å²) >= 11 is 3.36. The Hall–Kier alpha value is -1.40. The molecule has 5 nitrogen and oxygen atoms in total. The summed E-state index contributed by atoms with van der Waals surface area (Å²) in [6.07, 6.45) is 0. The Labute approximate surface area is 134 Å². The Bertz CT molecular complexity index is 495. The molecule has 0 atom stereocenters. The standard InChI is InChI=1S/C15H22BrN3O2/c1-15(2,3)18-8-14(21)19(10-13(17)20)9-11-4-6-12(16)7-5-11/h4-7,18H,8-10H2,1-3H3,(H2,17,20). The van der Waals surface area contributed by atoms with Crippen molar-refractivity contribution in [3.63, 3.8) is 0 Å². The minimum atomic E-state index is -0.517. The van der Waals surface area contributed by atoms with Gasteiger partial charge in [0.25, 0.3) is 0 Å². The highest BCUT2D eigenvalue weighted by molar-refractivity contribution is 9.10. The summed E-state index contributed by atoms with van der Waals surface area (Å²) < 4.78 is 0.966. The van der Waals surface area contributed by atoms with Gasteiger partial charge in [0.15, 0.2) is 0 Å². The Morgan fingerprint density at radius 3 is 2.29 bits per heavy atom. The second-order valence-corrected chi connectivity index (χ2v) is 6.86. The average molecular weight is 356 g/mol. The molecule has 1 aromatic carbocycles. The first kappa shape index (κ1) is 17.7. The van der Waals surface area contributed by atoms with Crippen LogP contribution < -0.4 is 11.1 Å². The molecule has 0 fully saturated rings. The SMILES string of the molecule is CC(C)(C)NCC(=O)N(CC(N)=O)Cc1ccc(Br)cc1. The van der Waals surface area contributed by atoms with E-state index in [1.54, 1.807) is 0 Å². The molecule has 1 aromatic rings. The van der Waals surface area contributed by atoms with Crippen LogP contribution in [0.3, 0.4) is 0 Å². The largest absolute Gasteiger partial charge is 0.368 e. The van der Waals surface area contributed by atoms with Gasteiger partial charge in [0, 0.05) is 16.6 Å². The minimum Gasteiger partial charge on any atom is -0.368 e. The summed E-state index contributed by atoms with van der Waals surface area (Å²) in [6, 6.07) is 7.61. The van der Waals surface area contributed by atoms with Crippen LogP contribution in [0.25, 0.3) is 0 Å². The summed E-state index contributed by atoms with van der Waals surface area (Å²) in [5.74, 6) is -0.664. The third-order valence-corrected chi connectivity index (χ3v) is 3.28. The lowest BCUT2D eigenvalue weighted by molar-refractivity contribution is -0.135. The smallest absolute Gasteiger partial charge is 0.237 e. The predicted molar refractivity (Wildman–Crippen MR) is 86.5 cm³/mol. The van der Waals surface area contributed by atoms with Crippen LogP contribution in [0.15, 0.2) is 28.7 Å². The van der Waals surface area contributed by atoms with Crippen molar-refractivity contribution in [3.05, 3.63) is 34.3 Å². The summed E-state index contributed by atoms with van der Waals surface area (Å²) in [5.41, 5.74) is 6.02. The van der Waals surface area contributed by atoms with Crippen molar-refractivity contribution in [1.29, 1.82) is 0 Å². The number of rotatable bonds is 6. The molecule has 0 aliphatic carbocycles. The zero-order chi connectivity index (χ0) is 16.0. The van der Waals surface area contributed by atoms with Crippen molar-refractivity contribution in [2.45, 2.75) is 32.9 Å². The van der Waals surface area contributed by atoms with Gasteiger partial charge in [-0.15, -0.1) is 0 Å². The monoisotopic (exact) mass is 355 g/mol. The van der Waals surface area contributed by atoms with Gasteiger partial charge in [-0.25, -0.2) is 0 Å². The first-order chi connectivity index (χ1) is 9.67. The van der Waals surface area contributed by atoms with Crippen molar-refractivity contribution in [1.82, 2.24) is 10.2 Å². The van der Waals surface area contributed by atoms with Gasteiger partial charge in [0.05, 0.1) is 13.1 Å². The molecule has 0 aliphatic rings. The molecular weight excluding hydrogens is 334 g/mol. The van der Waals surface area contributed by atoms with Gasteiger partial charge in [-0.05, 0) is 38.5 Å². The van der Waals surface area contributed by atoms with Crippen LogP contribution in [-0.2, 0) is 16.1 Å². The molecule has 0 radical (unpaired) electrons. The molecular formula is C15H22BrN3O2. The summed E-state index contributed by atoms with van der Waals surface area (Å²) in [6.45, 7) is 6.39. The number of hydrogen-bond donors (Lipinski definition) is 2. The second-order valence-electron chi connectivity index (χ2n) is 5.95. The minimum absolute atomic E-state index is 0.0826. The van der Waals surface area contributed by atoms with Crippen molar-refractivity contribution in [2.75, 3.05) is 13.1 Å². The van der Waals surface area contributed by atoms with Crippen LogP contribution in [0.2, 0.25) is 0 Å². The lowest BCUT2D eigenvalue weighted by Gasteiger charge is -2.25. The molecule has 6 heteroatoms. The number of benzene rings is 1. The van der Waals surface area contributed by atoms with Crippen LogP contribution in [0.1, 0.15) is 26.3 Å². The van der Waals surface area contributed by atoms with E-state index in [1.807, 2.05) is 45.0 Å². The highest BCUT2D eigenvalue weighted by atomic mass is 79.9. The molecule has 0 aliphatic heterocycles. The van der Waals surface area contributed by atoms with Crippen molar-refractivity contribution >= 4 is 27.7 Å². The quantitative estimate of drug-likeness (QED) is 0.814. The Kier molecular flexibility index (Phi) is 6.36. The fourth-order valence-electron chi connectivity index (χ4n) is 1.68. The van der Waals surface area contributed by atoms with Gasteiger partial charge in [-0.2, -0.15) is 0 Å². The fraction of sp³-hybridized carbons (Fsp3) is 0.467. The van der Waals surface area contributed by atoms with Crippen LogP contribution in [0, 0.1) is 0 Å². The Morgan fingerprint density at radius 1 is 1.24 bits per heavy atom. The van der Waals surface area contributed by atoms with E-state index in [4.69, 9.17) is 5.73 Å². The number of carbonyl (C=O) groups is 2. The third kappa shape index (κ3) is 7.24. The molecule has 0 saturated heterocycles. The van der Waals surface area contributed by atoms with Crippen molar-refractivity contribution in [2.24, 2.45) is 5.73 Å².